The number of amides is 1. The van der Waals surface area contributed by atoms with E-state index < -0.39 is 47.8 Å². The van der Waals surface area contributed by atoms with Crippen LogP contribution in [0.3, 0.4) is 0 Å². The Kier molecular flexibility index (Phi) is 7.68. The molecular weight excluding hydrogens is 510 g/mol. The Balaban J connectivity index is 1.89. The maximum absolute atomic E-state index is 13.2. The summed E-state index contributed by atoms with van der Waals surface area (Å²) in [5.74, 6) is -1.89. The second kappa shape index (κ2) is 11.0. The standard InChI is InChI=1S/C27H27N3O9/c1-5-10-37-24(33)22-17(14-20-21(15(4)31)23(32)28(20)22)16-8-9-18-19(13-16)30(27(36)39-12-7-3)25(34)29(18)26(35)38-11-6-2/h5-9,13,15,20-21,31H,1-3,10-12,14H2,4H3/t15-,20-,21-/m1/s1. The third kappa shape index (κ3) is 4.59. The normalized spacial score (nSPS) is 18.7. The first-order valence-electron chi connectivity index (χ1n) is 12.0. The average Bonchev–Trinajstić information content (AvgIpc) is 3.40. The van der Waals surface area contributed by atoms with Gasteiger partial charge in [-0.25, -0.2) is 19.2 Å². The van der Waals surface area contributed by atoms with Crippen LogP contribution in [-0.4, -0.2) is 75.2 Å². The number of nitrogens with zero attached hydrogens (tertiary/aromatic N) is 3. The van der Waals surface area contributed by atoms with Crippen LogP contribution >= 0.6 is 0 Å². The molecule has 3 atom stereocenters. The second-order valence-electron chi connectivity index (χ2n) is 8.85. The SMILES string of the molecule is C=CCOC(=O)C1=C(c2ccc3c(c2)n(C(=O)OCC=C)c(=O)n3C(=O)OCC=C)C[C@@H]2[C@@H]([C@@H](C)O)C(=O)N12. The summed E-state index contributed by atoms with van der Waals surface area (Å²) >= 11 is 0. The first kappa shape index (κ1) is 27.3. The van der Waals surface area contributed by atoms with E-state index in [2.05, 4.69) is 19.7 Å². The van der Waals surface area contributed by atoms with Gasteiger partial charge in [0, 0.05) is 0 Å². The molecule has 4 rings (SSSR count). The van der Waals surface area contributed by atoms with Gasteiger partial charge >= 0.3 is 23.8 Å². The van der Waals surface area contributed by atoms with Gasteiger partial charge in [-0.2, -0.15) is 9.13 Å². The summed E-state index contributed by atoms with van der Waals surface area (Å²) in [6, 6.07) is 3.92. The Morgan fingerprint density at radius 1 is 0.974 bits per heavy atom. The first-order chi connectivity index (χ1) is 18.7. The molecule has 0 radical (unpaired) electrons. The Morgan fingerprint density at radius 2 is 1.54 bits per heavy atom. The number of aliphatic hydroxyl groups is 1. The van der Waals surface area contributed by atoms with Crippen LogP contribution in [0.1, 0.15) is 18.9 Å². The third-order valence-electron chi connectivity index (χ3n) is 6.46. The molecule has 39 heavy (non-hydrogen) atoms. The molecule has 2 aromatic rings. The molecule has 0 spiro atoms. The lowest BCUT2D eigenvalue weighted by molar-refractivity contribution is -0.162. The predicted molar refractivity (Wildman–Crippen MR) is 139 cm³/mol. The van der Waals surface area contributed by atoms with E-state index >= 15 is 0 Å². The number of hydrogen-bond donors (Lipinski definition) is 1. The Morgan fingerprint density at radius 3 is 2.10 bits per heavy atom. The molecule has 1 aromatic carbocycles. The lowest BCUT2D eigenvalue weighted by Crippen LogP contribution is -2.61. The number of esters is 1. The van der Waals surface area contributed by atoms with E-state index in [1.54, 1.807) is 6.07 Å². The number of ether oxygens (including phenoxy) is 3. The highest BCUT2D eigenvalue weighted by Gasteiger charge is 2.57. The highest BCUT2D eigenvalue weighted by atomic mass is 16.6. The van der Waals surface area contributed by atoms with Crippen LogP contribution in [0.25, 0.3) is 16.6 Å². The van der Waals surface area contributed by atoms with Gasteiger partial charge in [-0.3, -0.25) is 4.79 Å². The third-order valence-corrected chi connectivity index (χ3v) is 6.46. The van der Waals surface area contributed by atoms with Crippen molar-refractivity contribution >= 4 is 40.7 Å². The molecule has 204 valence electrons. The van der Waals surface area contributed by atoms with Crippen molar-refractivity contribution in [1.82, 2.24) is 14.0 Å². The highest BCUT2D eigenvalue weighted by Crippen LogP contribution is 2.47. The van der Waals surface area contributed by atoms with Gasteiger partial charge < -0.3 is 24.2 Å². The largest absolute Gasteiger partial charge is 0.457 e. The molecule has 1 fully saturated rings. The van der Waals surface area contributed by atoms with E-state index in [4.69, 9.17) is 14.2 Å². The first-order valence-corrected chi connectivity index (χ1v) is 12.0. The van der Waals surface area contributed by atoms with Gasteiger partial charge in [-0.05, 0) is 36.6 Å². The molecule has 0 aliphatic carbocycles. The van der Waals surface area contributed by atoms with Crippen molar-refractivity contribution in [2.45, 2.75) is 25.5 Å². The van der Waals surface area contributed by atoms with Gasteiger partial charge in [0.1, 0.15) is 25.5 Å². The predicted octanol–water partition coefficient (Wildman–Crippen LogP) is 2.20. The lowest BCUT2D eigenvalue weighted by atomic mass is 9.82. The second-order valence-corrected chi connectivity index (χ2v) is 8.85. The van der Waals surface area contributed by atoms with E-state index in [1.165, 1.54) is 42.2 Å². The van der Waals surface area contributed by atoms with Crippen molar-refractivity contribution < 1.29 is 38.5 Å². The van der Waals surface area contributed by atoms with Gasteiger partial charge in [0.2, 0.25) is 5.91 Å². The summed E-state index contributed by atoms with van der Waals surface area (Å²) < 4.78 is 16.6. The molecule has 1 N–H and O–H groups in total. The number of benzene rings is 1. The molecule has 1 aromatic heterocycles. The van der Waals surface area contributed by atoms with Crippen LogP contribution in [-0.2, 0) is 23.8 Å². The number of aromatic nitrogens is 2. The van der Waals surface area contributed by atoms with Crippen molar-refractivity contribution in [2.75, 3.05) is 19.8 Å². The maximum Gasteiger partial charge on any atom is 0.423 e. The van der Waals surface area contributed by atoms with Crippen molar-refractivity contribution in [3.63, 3.8) is 0 Å². The molecule has 3 heterocycles. The van der Waals surface area contributed by atoms with Crippen molar-refractivity contribution in [3.8, 4) is 0 Å². The van der Waals surface area contributed by atoms with Gasteiger partial charge in [0.15, 0.2) is 0 Å². The van der Waals surface area contributed by atoms with Crippen LogP contribution in [0.5, 0.6) is 0 Å². The van der Waals surface area contributed by atoms with Gasteiger partial charge in [0.25, 0.3) is 0 Å². The minimum atomic E-state index is -1.06. The molecule has 0 saturated carbocycles. The fourth-order valence-corrected chi connectivity index (χ4v) is 4.85. The number of carbonyl (C=O) groups excluding carboxylic acids is 4. The Hall–Kier alpha value is -4.71. The Bertz CT molecular complexity index is 1490. The minimum Gasteiger partial charge on any atom is -0.457 e. The van der Waals surface area contributed by atoms with Crippen LogP contribution in [0.15, 0.2) is 66.7 Å². The van der Waals surface area contributed by atoms with Gasteiger partial charge in [-0.15, -0.1) is 0 Å². The summed E-state index contributed by atoms with van der Waals surface area (Å²) in [5, 5.41) is 10.1. The highest BCUT2D eigenvalue weighted by molar-refractivity contribution is 6.07. The van der Waals surface area contributed by atoms with Crippen molar-refractivity contribution in [3.05, 3.63) is 77.9 Å². The van der Waals surface area contributed by atoms with Crippen LogP contribution in [0.4, 0.5) is 9.59 Å². The van der Waals surface area contributed by atoms with Crippen LogP contribution in [0, 0.1) is 5.92 Å². The zero-order chi connectivity index (χ0) is 28.4. The summed E-state index contributed by atoms with van der Waals surface area (Å²) in [7, 11) is 0. The van der Waals surface area contributed by atoms with Gasteiger partial charge in [-0.1, -0.05) is 44.0 Å². The number of carbonyl (C=O) groups is 4. The lowest BCUT2D eigenvalue weighted by Gasteiger charge is -2.44. The van der Waals surface area contributed by atoms with Crippen LogP contribution in [0.2, 0.25) is 0 Å². The minimum absolute atomic E-state index is 0.000994. The maximum atomic E-state index is 13.2. The molecule has 0 bridgehead atoms. The quantitative estimate of drug-likeness (QED) is 0.220. The smallest absolute Gasteiger partial charge is 0.423 e. The zero-order valence-electron chi connectivity index (χ0n) is 21.2. The number of hydrogen-bond acceptors (Lipinski definition) is 9. The van der Waals surface area contributed by atoms with E-state index in [-0.39, 0.29) is 43.0 Å². The van der Waals surface area contributed by atoms with Crippen molar-refractivity contribution in [2.24, 2.45) is 5.92 Å². The monoisotopic (exact) mass is 537 g/mol. The number of imidazole rings is 1. The molecule has 12 heteroatoms. The summed E-state index contributed by atoms with van der Waals surface area (Å²) in [5.41, 5.74) is -0.181. The number of fused-ring (bicyclic) bond motifs is 2. The van der Waals surface area contributed by atoms with E-state index in [0.717, 1.165) is 0 Å². The van der Waals surface area contributed by atoms with E-state index in [1.807, 2.05) is 0 Å². The fourth-order valence-electron chi connectivity index (χ4n) is 4.85. The van der Waals surface area contributed by atoms with E-state index in [9.17, 15) is 29.1 Å². The number of rotatable bonds is 9. The average molecular weight is 538 g/mol. The molecule has 2 aliphatic heterocycles. The summed E-state index contributed by atoms with van der Waals surface area (Å²) in [6.07, 6.45) is 1.20. The van der Waals surface area contributed by atoms with Crippen molar-refractivity contribution in [1.29, 1.82) is 0 Å². The van der Waals surface area contributed by atoms with Crippen LogP contribution < -0.4 is 5.69 Å². The fraction of sp³-hybridized carbons (Fsp3) is 0.296. The Labute approximate surface area is 222 Å². The number of aliphatic hydroxyl groups excluding tert-OH is 1. The molecule has 2 aliphatic rings. The number of β-lactam (4-membered cyclic amide) rings is 1. The molecule has 12 nitrogen and oxygen atoms in total. The topological polar surface area (TPSA) is 146 Å². The van der Waals surface area contributed by atoms with E-state index in [0.29, 0.717) is 20.3 Å². The summed E-state index contributed by atoms with van der Waals surface area (Å²) in [4.78, 5) is 65.8. The molecule has 1 amide bonds. The molecule has 0 unspecified atom stereocenters. The summed E-state index contributed by atoms with van der Waals surface area (Å²) in [6.45, 7) is 11.5. The van der Waals surface area contributed by atoms with Gasteiger partial charge in [0.05, 0.1) is 29.1 Å². The molecule has 1 saturated heterocycles. The molecular formula is C27H27N3O9. The zero-order valence-corrected chi connectivity index (χ0v) is 21.2.